The summed E-state index contributed by atoms with van der Waals surface area (Å²) in [5.74, 6) is -2.14. The van der Waals surface area contributed by atoms with Crippen molar-refractivity contribution >= 4 is 28.2 Å². The van der Waals surface area contributed by atoms with Crippen molar-refractivity contribution in [1.29, 1.82) is 0 Å². The number of benzene rings is 4. The van der Waals surface area contributed by atoms with Gasteiger partial charge in [0.05, 0.1) is 23.4 Å². The molecule has 5 aromatic rings. The molecule has 1 aromatic heterocycles. The maximum Gasteiger partial charge on any atom is 0.336 e. The Kier molecular flexibility index (Phi) is 7.60. The average Bonchev–Trinajstić information content (AvgIpc) is 3.45. The zero-order valence-electron chi connectivity index (χ0n) is 23.3. The van der Waals surface area contributed by atoms with Gasteiger partial charge in [-0.15, -0.1) is 0 Å². The van der Waals surface area contributed by atoms with E-state index in [4.69, 9.17) is 4.74 Å². The number of ketones is 1. The predicted octanol–water partition coefficient (Wildman–Crippen LogP) is 5.73. The number of piperazine rings is 1. The number of carbonyl (C=O) groups excluding carboxylic acids is 1. The number of carbonyl (C=O) groups is 2. The molecule has 1 aliphatic rings. The van der Waals surface area contributed by atoms with Crippen LogP contribution in [-0.4, -0.2) is 58.7 Å². The highest BCUT2D eigenvalue weighted by Gasteiger charge is 2.33. The molecule has 8 nitrogen and oxygen atoms in total. The number of imidazole rings is 1. The molecule has 1 saturated heterocycles. The van der Waals surface area contributed by atoms with Crippen LogP contribution >= 0.6 is 0 Å². The Morgan fingerprint density at radius 2 is 1.84 bits per heavy atom. The van der Waals surface area contributed by atoms with Gasteiger partial charge in [0, 0.05) is 49.0 Å². The molecule has 10 heteroatoms. The number of aromatic nitrogens is 2. The van der Waals surface area contributed by atoms with Crippen LogP contribution in [0.2, 0.25) is 0 Å². The summed E-state index contributed by atoms with van der Waals surface area (Å²) in [5, 5.41) is 14.3. The number of Topliss-reactive ketones (excluding diaryl/α,β-unsaturated/α-hetero) is 1. The molecule has 0 spiro atoms. The van der Waals surface area contributed by atoms with Gasteiger partial charge in [-0.25, -0.2) is 18.6 Å². The second-order valence-corrected chi connectivity index (χ2v) is 10.1. The number of halogens is 2. The summed E-state index contributed by atoms with van der Waals surface area (Å²) < 4.78 is 36.1. The largest absolute Gasteiger partial charge is 0.494 e. The average molecular weight is 583 g/mol. The zero-order chi connectivity index (χ0) is 30.1. The summed E-state index contributed by atoms with van der Waals surface area (Å²) in [5.41, 5.74) is 1.64. The summed E-state index contributed by atoms with van der Waals surface area (Å²) in [6.07, 6.45) is 1.56. The molecule has 1 atom stereocenters. The number of hydrogen-bond donors (Lipinski definition) is 2. The van der Waals surface area contributed by atoms with Crippen LogP contribution in [0.4, 0.5) is 14.5 Å². The third kappa shape index (κ3) is 5.32. The van der Waals surface area contributed by atoms with E-state index in [0.717, 1.165) is 23.2 Å². The van der Waals surface area contributed by atoms with Gasteiger partial charge in [-0.3, -0.25) is 9.36 Å². The van der Waals surface area contributed by atoms with E-state index < -0.39 is 23.6 Å². The lowest BCUT2D eigenvalue weighted by Crippen LogP contribution is -2.55. The van der Waals surface area contributed by atoms with Crippen LogP contribution in [0, 0.1) is 11.6 Å². The number of nitrogens with zero attached hydrogens (tertiary/aromatic N) is 3. The lowest BCUT2D eigenvalue weighted by molar-refractivity contribution is 0.0698. The second kappa shape index (κ2) is 11.7. The number of carboxylic acid groups (broad SMARTS) is 1. The van der Waals surface area contributed by atoms with Crippen molar-refractivity contribution < 1.29 is 28.2 Å². The number of aromatic carboxylic acids is 1. The standard InChI is InChI=1S/C33H28F2N4O4/c1-2-43-22-7-5-6-21(17-22)39-19-28(37-32(39)26-11-10-20(34)16-27(26)35)31(40)30-18-36-14-15-38(30)29-13-12-25(33(41)42)23-8-3-4-9-24(23)29/h3-13,16-17,19,30,36H,2,14-15,18H2,1H3,(H,41,42). The van der Waals surface area contributed by atoms with Gasteiger partial charge in [0.25, 0.3) is 0 Å². The Labute approximate surface area is 246 Å². The van der Waals surface area contributed by atoms with Crippen molar-refractivity contribution in [3.63, 3.8) is 0 Å². The van der Waals surface area contributed by atoms with Gasteiger partial charge in [-0.2, -0.15) is 0 Å². The van der Waals surface area contributed by atoms with E-state index in [0.29, 0.717) is 43.1 Å². The Morgan fingerprint density at radius 3 is 2.60 bits per heavy atom. The Hall–Kier alpha value is -5.09. The topological polar surface area (TPSA) is 96.7 Å². The maximum atomic E-state index is 15.1. The molecule has 4 aromatic carbocycles. The first kappa shape index (κ1) is 28.0. The summed E-state index contributed by atoms with van der Waals surface area (Å²) in [4.78, 5) is 32.6. The lowest BCUT2D eigenvalue weighted by Gasteiger charge is -2.37. The van der Waals surface area contributed by atoms with Crippen molar-refractivity contribution in [2.45, 2.75) is 13.0 Å². The summed E-state index contributed by atoms with van der Waals surface area (Å²) in [6, 6.07) is 20.2. The van der Waals surface area contributed by atoms with Gasteiger partial charge in [0.2, 0.25) is 5.78 Å². The number of hydrogen-bond acceptors (Lipinski definition) is 6. The molecule has 218 valence electrons. The lowest BCUT2D eigenvalue weighted by atomic mass is 9.99. The van der Waals surface area contributed by atoms with Crippen LogP contribution in [0.15, 0.2) is 85.1 Å². The number of rotatable bonds is 8. The molecule has 1 aliphatic heterocycles. The van der Waals surface area contributed by atoms with E-state index in [1.165, 1.54) is 6.07 Å². The molecule has 6 rings (SSSR count). The van der Waals surface area contributed by atoms with Crippen molar-refractivity contribution in [2.24, 2.45) is 0 Å². The summed E-state index contributed by atoms with van der Waals surface area (Å²) in [7, 11) is 0. The molecule has 0 bridgehead atoms. The first-order chi connectivity index (χ1) is 20.9. The van der Waals surface area contributed by atoms with E-state index in [1.807, 2.05) is 24.0 Å². The first-order valence-electron chi connectivity index (χ1n) is 13.9. The van der Waals surface area contributed by atoms with E-state index in [-0.39, 0.29) is 28.4 Å². The third-order valence-electron chi connectivity index (χ3n) is 7.52. The quantitative estimate of drug-likeness (QED) is 0.226. The van der Waals surface area contributed by atoms with Crippen LogP contribution < -0.4 is 15.0 Å². The Balaban J connectivity index is 1.45. The minimum Gasteiger partial charge on any atom is -0.494 e. The molecule has 43 heavy (non-hydrogen) atoms. The van der Waals surface area contributed by atoms with Crippen molar-refractivity contribution in [2.75, 3.05) is 31.1 Å². The van der Waals surface area contributed by atoms with Crippen molar-refractivity contribution in [1.82, 2.24) is 14.9 Å². The molecule has 0 amide bonds. The molecule has 0 radical (unpaired) electrons. The van der Waals surface area contributed by atoms with Gasteiger partial charge in [0.1, 0.15) is 34.9 Å². The fraction of sp³-hybridized carbons (Fsp3) is 0.182. The van der Waals surface area contributed by atoms with Crippen LogP contribution in [0.25, 0.3) is 27.8 Å². The molecular weight excluding hydrogens is 554 g/mol. The van der Waals surface area contributed by atoms with Crippen LogP contribution in [0.1, 0.15) is 27.8 Å². The minimum atomic E-state index is -1.03. The third-order valence-corrected chi connectivity index (χ3v) is 7.52. The molecule has 1 fully saturated rings. The normalized spacial score (nSPS) is 15.0. The van der Waals surface area contributed by atoms with Gasteiger partial charge >= 0.3 is 5.97 Å². The number of nitrogens with one attached hydrogen (secondary N) is 1. The Bertz CT molecular complexity index is 1850. The van der Waals surface area contributed by atoms with Crippen LogP contribution in [0.5, 0.6) is 5.75 Å². The SMILES string of the molecule is CCOc1cccc(-n2cc(C(=O)C3CNCCN3c3ccc(C(=O)O)c4ccccc34)nc2-c2ccc(F)cc2F)c1. The summed E-state index contributed by atoms with van der Waals surface area (Å²) in [6.45, 7) is 3.74. The highest BCUT2D eigenvalue weighted by molar-refractivity contribution is 6.09. The van der Waals surface area contributed by atoms with E-state index >= 15 is 4.39 Å². The first-order valence-corrected chi connectivity index (χ1v) is 13.9. The predicted molar refractivity (Wildman–Crippen MR) is 159 cm³/mol. The monoisotopic (exact) mass is 582 g/mol. The van der Waals surface area contributed by atoms with E-state index in [1.54, 1.807) is 59.3 Å². The maximum absolute atomic E-state index is 15.1. The van der Waals surface area contributed by atoms with E-state index in [9.17, 15) is 19.1 Å². The smallest absolute Gasteiger partial charge is 0.336 e. The molecule has 2 N–H and O–H groups in total. The molecule has 1 unspecified atom stereocenters. The Morgan fingerprint density at radius 1 is 1.02 bits per heavy atom. The number of carboxylic acids is 1. The molecule has 0 saturated carbocycles. The second-order valence-electron chi connectivity index (χ2n) is 10.1. The fourth-order valence-corrected chi connectivity index (χ4v) is 5.56. The van der Waals surface area contributed by atoms with Gasteiger partial charge < -0.3 is 20.1 Å². The van der Waals surface area contributed by atoms with Crippen LogP contribution in [0.3, 0.4) is 0 Å². The van der Waals surface area contributed by atoms with Crippen molar-refractivity contribution in [3.05, 3.63) is 108 Å². The van der Waals surface area contributed by atoms with Gasteiger partial charge in [-0.1, -0.05) is 30.3 Å². The summed E-state index contributed by atoms with van der Waals surface area (Å²) >= 11 is 0. The van der Waals surface area contributed by atoms with Gasteiger partial charge in [-0.05, 0) is 48.7 Å². The van der Waals surface area contributed by atoms with Crippen molar-refractivity contribution in [3.8, 4) is 22.8 Å². The molecule has 2 heterocycles. The molecule has 0 aliphatic carbocycles. The van der Waals surface area contributed by atoms with Gasteiger partial charge in [0.15, 0.2) is 0 Å². The number of fused-ring (bicyclic) bond motifs is 1. The highest BCUT2D eigenvalue weighted by Crippen LogP contribution is 2.33. The number of ether oxygens (including phenoxy) is 1. The van der Waals surface area contributed by atoms with Crippen LogP contribution in [-0.2, 0) is 0 Å². The highest BCUT2D eigenvalue weighted by atomic mass is 19.1. The zero-order valence-corrected chi connectivity index (χ0v) is 23.3. The van der Waals surface area contributed by atoms with E-state index in [2.05, 4.69) is 10.3 Å². The minimum absolute atomic E-state index is 0.0381. The molecular formula is C33H28F2N4O4. The number of anilines is 1. The fourth-order valence-electron chi connectivity index (χ4n) is 5.56.